The topological polar surface area (TPSA) is 35.5 Å². The maximum Gasteiger partial charge on any atom is 0.349 e. The Labute approximate surface area is 81.9 Å². The van der Waals surface area contributed by atoms with Gasteiger partial charge in [0.15, 0.2) is 0 Å². The Hall–Kier alpha value is -1.77. The fourth-order valence-electron chi connectivity index (χ4n) is 1.25. The van der Waals surface area contributed by atoms with Gasteiger partial charge in [0.2, 0.25) is 0 Å². The number of para-hydroxylation sites is 1. The summed E-state index contributed by atoms with van der Waals surface area (Å²) in [6.45, 7) is 1.95. The second-order valence-electron chi connectivity index (χ2n) is 2.92. The molecule has 0 atom stereocenters. The molecule has 1 aliphatic heterocycles. The summed E-state index contributed by atoms with van der Waals surface area (Å²) in [5.41, 5.74) is 0.473. The first-order valence-corrected chi connectivity index (χ1v) is 4.50. The molecule has 0 saturated heterocycles. The van der Waals surface area contributed by atoms with Crippen LogP contribution in [0.3, 0.4) is 0 Å². The molecular formula is C11H10O3. The summed E-state index contributed by atoms with van der Waals surface area (Å²) >= 11 is 0. The molecule has 0 aliphatic carbocycles. The van der Waals surface area contributed by atoms with Crippen LogP contribution in [0.5, 0.6) is 5.75 Å². The van der Waals surface area contributed by atoms with Gasteiger partial charge in [-0.15, -0.1) is 0 Å². The largest absolute Gasteiger partial charge is 0.425 e. The molecule has 0 amide bonds. The number of allylic oxidation sites excluding steroid dienone is 1. The molecule has 1 aromatic carbocycles. The highest BCUT2D eigenvalue weighted by Crippen LogP contribution is 2.27. The van der Waals surface area contributed by atoms with Crippen LogP contribution in [0.4, 0.5) is 0 Å². The van der Waals surface area contributed by atoms with Gasteiger partial charge in [-0.2, -0.15) is 0 Å². The molecule has 3 nitrogen and oxygen atoms in total. The van der Waals surface area contributed by atoms with Crippen molar-refractivity contribution in [2.75, 3.05) is 0 Å². The molecule has 0 fully saturated rings. The van der Waals surface area contributed by atoms with Crippen molar-refractivity contribution in [1.82, 2.24) is 0 Å². The maximum atomic E-state index is 11.4. The number of cyclic esters (lactones) is 1. The van der Waals surface area contributed by atoms with Gasteiger partial charge in [-0.05, 0) is 24.6 Å². The van der Waals surface area contributed by atoms with Crippen molar-refractivity contribution in [3.63, 3.8) is 0 Å². The van der Waals surface area contributed by atoms with E-state index in [1.54, 1.807) is 24.3 Å². The molecule has 1 aromatic rings. The highest BCUT2D eigenvalue weighted by Gasteiger charge is 2.22. The van der Waals surface area contributed by atoms with E-state index in [4.69, 9.17) is 9.47 Å². The predicted octanol–water partition coefficient (Wildman–Crippen LogP) is 2.49. The molecule has 1 aliphatic rings. The third kappa shape index (κ3) is 1.48. The summed E-state index contributed by atoms with van der Waals surface area (Å²) in [7, 11) is 0. The number of hydrogen-bond acceptors (Lipinski definition) is 3. The smallest absolute Gasteiger partial charge is 0.349 e. The van der Waals surface area contributed by atoms with Crippen LogP contribution in [0, 0.1) is 0 Å². The molecular weight excluding hydrogens is 180 g/mol. The Morgan fingerprint density at radius 2 is 2.07 bits per heavy atom. The highest BCUT2D eigenvalue weighted by atomic mass is 16.7. The number of esters is 1. The van der Waals surface area contributed by atoms with Gasteiger partial charge in [0, 0.05) is 0 Å². The van der Waals surface area contributed by atoms with E-state index >= 15 is 0 Å². The first-order valence-electron chi connectivity index (χ1n) is 4.50. The van der Waals surface area contributed by atoms with E-state index in [-0.39, 0.29) is 11.9 Å². The minimum absolute atomic E-state index is 0.274. The van der Waals surface area contributed by atoms with Crippen molar-refractivity contribution in [3.05, 3.63) is 41.9 Å². The second kappa shape index (κ2) is 3.54. The zero-order chi connectivity index (χ0) is 9.97. The molecule has 0 spiro atoms. The molecule has 72 valence electrons. The molecule has 2 rings (SSSR count). The van der Waals surface area contributed by atoms with Gasteiger partial charge in [0.05, 0.1) is 0 Å². The third-order valence-electron chi connectivity index (χ3n) is 1.88. The van der Waals surface area contributed by atoms with Crippen LogP contribution < -0.4 is 4.74 Å². The van der Waals surface area contributed by atoms with Crippen LogP contribution in [0.1, 0.15) is 23.7 Å². The summed E-state index contributed by atoms with van der Waals surface area (Å²) in [6.07, 6.45) is 2.50. The van der Waals surface area contributed by atoms with Gasteiger partial charge in [-0.25, -0.2) is 4.79 Å². The first-order chi connectivity index (χ1) is 6.81. The molecule has 0 radical (unpaired) electrons. The average Bonchev–Trinajstić information content (AvgIpc) is 2.18. The van der Waals surface area contributed by atoms with Crippen molar-refractivity contribution in [2.45, 2.75) is 13.3 Å². The number of rotatable bonds is 1. The van der Waals surface area contributed by atoms with E-state index < -0.39 is 0 Å². The molecule has 0 saturated carbocycles. The van der Waals surface area contributed by atoms with Crippen LogP contribution >= 0.6 is 0 Å². The maximum absolute atomic E-state index is 11.4. The zero-order valence-electron chi connectivity index (χ0n) is 7.82. The number of carbonyl (C=O) groups excluding carboxylic acids is 1. The van der Waals surface area contributed by atoms with Crippen LogP contribution in [0.2, 0.25) is 0 Å². The lowest BCUT2D eigenvalue weighted by atomic mass is 10.2. The lowest BCUT2D eigenvalue weighted by Gasteiger charge is -2.17. The summed E-state index contributed by atoms with van der Waals surface area (Å²) in [5, 5.41) is 0. The number of hydrogen-bond donors (Lipinski definition) is 0. The van der Waals surface area contributed by atoms with Crippen LogP contribution in [-0.2, 0) is 4.74 Å². The highest BCUT2D eigenvalue weighted by molar-refractivity contribution is 5.94. The Bertz CT molecular complexity index is 393. The quantitative estimate of drug-likeness (QED) is 0.638. The normalized spacial score (nSPS) is 17.2. The number of carbonyl (C=O) groups is 1. The van der Waals surface area contributed by atoms with Gasteiger partial charge in [-0.1, -0.05) is 19.1 Å². The number of fused-ring (bicyclic) bond motifs is 1. The van der Waals surface area contributed by atoms with Crippen LogP contribution in [-0.4, -0.2) is 5.97 Å². The van der Waals surface area contributed by atoms with E-state index in [1.165, 1.54) is 0 Å². The molecule has 1 heterocycles. The minimum atomic E-state index is -0.355. The Kier molecular flexibility index (Phi) is 2.23. The van der Waals surface area contributed by atoms with Crippen LogP contribution in [0.25, 0.3) is 0 Å². The molecule has 0 unspecified atom stereocenters. The zero-order valence-corrected chi connectivity index (χ0v) is 7.82. The molecule has 3 heteroatoms. The molecule has 0 aromatic heterocycles. The molecule has 14 heavy (non-hydrogen) atoms. The Morgan fingerprint density at radius 1 is 1.29 bits per heavy atom. The van der Waals surface area contributed by atoms with Crippen molar-refractivity contribution < 1.29 is 14.3 Å². The van der Waals surface area contributed by atoms with Gasteiger partial charge in [0.1, 0.15) is 11.3 Å². The van der Waals surface area contributed by atoms with E-state index in [1.807, 2.05) is 13.0 Å². The fraction of sp³-hybridized carbons (Fsp3) is 0.182. The summed E-state index contributed by atoms with van der Waals surface area (Å²) in [5.74, 6) is 0.478. The second-order valence-corrected chi connectivity index (χ2v) is 2.92. The van der Waals surface area contributed by atoms with Crippen molar-refractivity contribution >= 4 is 5.97 Å². The van der Waals surface area contributed by atoms with Gasteiger partial charge >= 0.3 is 5.97 Å². The lowest BCUT2D eigenvalue weighted by Crippen LogP contribution is -2.16. The number of benzene rings is 1. The van der Waals surface area contributed by atoms with E-state index in [0.29, 0.717) is 11.3 Å². The van der Waals surface area contributed by atoms with Crippen LogP contribution in [0.15, 0.2) is 36.3 Å². The van der Waals surface area contributed by atoms with Gasteiger partial charge in [0.25, 0.3) is 5.95 Å². The molecule has 0 bridgehead atoms. The monoisotopic (exact) mass is 190 g/mol. The summed E-state index contributed by atoms with van der Waals surface area (Å²) < 4.78 is 10.3. The van der Waals surface area contributed by atoms with Gasteiger partial charge < -0.3 is 9.47 Å². The third-order valence-corrected chi connectivity index (χ3v) is 1.88. The Balaban J connectivity index is 2.38. The first kappa shape index (κ1) is 8.81. The van der Waals surface area contributed by atoms with E-state index in [9.17, 15) is 4.79 Å². The predicted molar refractivity (Wildman–Crippen MR) is 50.9 cm³/mol. The fourth-order valence-corrected chi connectivity index (χ4v) is 1.25. The van der Waals surface area contributed by atoms with E-state index in [2.05, 4.69) is 0 Å². The van der Waals surface area contributed by atoms with Crippen molar-refractivity contribution in [1.29, 1.82) is 0 Å². The average molecular weight is 190 g/mol. The van der Waals surface area contributed by atoms with Crippen molar-refractivity contribution in [3.8, 4) is 5.75 Å². The standard InChI is InChI=1S/C11H10O3/c1-2-5-10-13-9-7-4-3-6-8(9)11(12)14-10/h3-7H,2H2,1H3/b10-5-. The number of ether oxygens (including phenoxy) is 2. The minimum Gasteiger partial charge on any atom is -0.425 e. The Morgan fingerprint density at radius 3 is 2.86 bits per heavy atom. The molecule has 0 N–H and O–H groups in total. The van der Waals surface area contributed by atoms with E-state index in [0.717, 1.165) is 6.42 Å². The lowest BCUT2D eigenvalue weighted by molar-refractivity contribution is 0.0405. The van der Waals surface area contributed by atoms with Crippen molar-refractivity contribution in [2.24, 2.45) is 0 Å². The SMILES string of the molecule is CC/C=C1\OC(=O)c2ccccc2O1. The summed E-state index contributed by atoms with van der Waals surface area (Å²) in [6, 6.07) is 7.03. The van der Waals surface area contributed by atoms with Gasteiger partial charge in [-0.3, -0.25) is 0 Å². The summed E-state index contributed by atoms with van der Waals surface area (Å²) in [4.78, 5) is 11.4.